The molecule has 0 saturated carbocycles. The van der Waals surface area contributed by atoms with Gasteiger partial charge in [0.2, 0.25) is 0 Å². The molecule has 31 heavy (non-hydrogen) atoms. The number of sulfone groups is 1. The molecule has 0 aliphatic carbocycles. The number of hydrogen-bond donors (Lipinski definition) is 0. The molecule has 0 bridgehead atoms. The number of hydrogen-bond acceptors (Lipinski definition) is 5. The van der Waals surface area contributed by atoms with E-state index in [1.807, 2.05) is 12.1 Å². The van der Waals surface area contributed by atoms with Gasteiger partial charge >= 0.3 is 0 Å². The maximum Gasteiger partial charge on any atom is 0.154 e. The zero-order chi connectivity index (χ0) is 22.2. The first-order chi connectivity index (χ1) is 14.7. The average Bonchev–Trinajstić information content (AvgIpc) is 2.66. The highest BCUT2D eigenvalue weighted by atomic mass is 35.5. The Hall–Kier alpha value is -2.42. The molecule has 0 spiro atoms. The van der Waals surface area contributed by atoms with Gasteiger partial charge < -0.3 is 0 Å². The Bertz CT molecular complexity index is 1150. The number of aromatic nitrogens is 2. The Balaban J connectivity index is 1.64. The number of likely N-dealkylation sites (tertiary alicyclic amines) is 1. The lowest BCUT2D eigenvalue weighted by atomic mass is 9.87. The predicted octanol–water partition coefficient (Wildman–Crippen LogP) is 4.22. The molecule has 1 saturated heterocycles. The third-order valence-corrected chi connectivity index (χ3v) is 7.32. The van der Waals surface area contributed by atoms with Crippen LogP contribution in [0.5, 0.6) is 0 Å². The summed E-state index contributed by atoms with van der Waals surface area (Å²) in [4.78, 5) is 10.3. The first-order valence-electron chi connectivity index (χ1n) is 9.61. The third kappa shape index (κ3) is 4.76. The van der Waals surface area contributed by atoms with Crippen molar-refractivity contribution in [1.82, 2.24) is 14.9 Å². The second-order valence-corrected chi connectivity index (χ2v) is 10.4. The van der Waals surface area contributed by atoms with Crippen LogP contribution >= 0.6 is 11.6 Å². The van der Waals surface area contributed by atoms with Gasteiger partial charge in [-0.25, -0.2) is 27.2 Å². The summed E-state index contributed by atoms with van der Waals surface area (Å²) in [6.45, 7) is 0.857. The van der Waals surface area contributed by atoms with Gasteiger partial charge in [0, 0.05) is 54.3 Å². The number of halogens is 3. The fourth-order valence-electron chi connectivity index (χ4n) is 4.27. The zero-order valence-corrected chi connectivity index (χ0v) is 18.2. The number of benzene rings is 2. The molecule has 1 aromatic heterocycles. The Morgan fingerprint density at radius 2 is 1.55 bits per heavy atom. The van der Waals surface area contributed by atoms with E-state index in [-0.39, 0.29) is 17.5 Å². The smallest absolute Gasteiger partial charge is 0.154 e. The minimum absolute atomic E-state index is 0.135. The molecule has 5 nitrogen and oxygen atoms in total. The minimum Gasteiger partial charge on any atom is -0.292 e. The van der Waals surface area contributed by atoms with Gasteiger partial charge in [-0.2, -0.15) is 0 Å². The molecule has 0 N–H and O–H groups in total. The van der Waals surface area contributed by atoms with E-state index in [9.17, 15) is 17.2 Å². The SMILES string of the molecule is CS(=O)(=O)C(c1cc(F)cc(F)c1)C1CN([C@@H](c2ccc(Cl)cc2)c2cncnc2)C1. The van der Waals surface area contributed by atoms with Crippen molar-refractivity contribution in [2.45, 2.75) is 11.3 Å². The Labute approximate surface area is 184 Å². The van der Waals surface area contributed by atoms with Crippen LogP contribution in [0.2, 0.25) is 5.02 Å². The van der Waals surface area contributed by atoms with Crippen molar-refractivity contribution in [3.63, 3.8) is 0 Å². The molecular formula is C22H20ClF2N3O2S. The van der Waals surface area contributed by atoms with E-state index in [1.165, 1.54) is 6.33 Å². The van der Waals surface area contributed by atoms with E-state index in [0.29, 0.717) is 18.1 Å². The van der Waals surface area contributed by atoms with Gasteiger partial charge in [-0.3, -0.25) is 4.90 Å². The maximum atomic E-state index is 13.8. The monoisotopic (exact) mass is 463 g/mol. The predicted molar refractivity (Wildman–Crippen MR) is 114 cm³/mol. The molecule has 2 atom stereocenters. The minimum atomic E-state index is -3.60. The van der Waals surface area contributed by atoms with Gasteiger partial charge in [0.1, 0.15) is 18.0 Å². The van der Waals surface area contributed by atoms with Gasteiger partial charge in [-0.05, 0) is 35.4 Å². The van der Waals surface area contributed by atoms with Crippen molar-refractivity contribution < 1.29 is 17.2 Å². The highest BCUT2D eigenvalue weighted by molar-refractivity contribution is 7.90. The largest absolute Gasteiger partial charge is 0.292 e. The number of rotatable bonds is 6. The lowest BCUT2D eigenvalue weighted by Crippen LogP contribution is -2.52. The van der Waals surface area contributed by atoms with Crippen LogP contribution < -0.4 is 0 Å². The van der Waals surface area contributed by atoms with Gasteiger partial charge in [0.05, 0.1) is 11.3 Å². The first-order valence-corrected chi connectivity index (χ1v) is 11.9. The Morgan fingerprint density at radius 3 is 2.10 bits per heavy atom. The van der Waals surface area contributed by atoms with Gasteiger partial charge in [0.15, 0.2) is 9.84 Å². The van der Waals surface area contributed by atoms with Crippen molar-refractivity contribution in [3.8, 4) is 0 Å². The van der Waals surface area contributed by atoms with E-state index < -0.39 is 26.7 Å². The summed E-state index contributed by atoms with van der Waals surface area (Å²) in [5, 5.41) is -0.384. The lowest BCUT2D eigenvalue weighted by molar-refractivity contribution is 0.0652. The third-order valence-electron chi connectivity index (χ3n) is 5.49. The van der Waals surface area contributed by atoms with Crippen LogP contribution in [0.1, 0.15) is 28.0 Å². The van der Waals surface area contributed by atoms with E-state index in [0.717, 1.165) is 35.6 Å². The first kappa shape index (κ1) is 21.8. The van der Waals surface area contributed by atoms with Crippen LogP contribution in [0.4, 0.5) is 8.78 Å². The molecule has 1 unspecified atom stereocenters. The van der Waals surface area contributed by atoms with Gasteiger partial charge in [-0.1, -0.05) is 23.7 Å². The highest BCUT2D eigenvalue weighted by Crippen LogP contribution is 2.42. The molecule has 2 aromatic carbocycles. The molecule has 1 fully saturated rings. The summed E-state index contributed by atoms with van der Waals surface area (Å²) in [5.74, 6) is -1.89. The van der Waals surface area contributed by atoms with Crippen LogP contribution in [0.15, 0.2) is 61.2 Å². The van der Waals surface area contributed by atoms with E-state index >= 15 is 0 Å². The van der Waals surface area contributed by atoms with Crippen LogP contribution in [-0.4, -0.2) is 42.6 Å². The molecule has 0 amide bonds. The Morgan fingerprint density at radius 1 is 0.968 bits per heavy atom. The summed E-state index contributed by atoms with van der Waals surface area (Å²) >= 11 is 6.03. The Kier molecular flexibility index (Phi) is 6.05. The molecule has 3 aromatic rings. The number of nitrogens with zero attached hydrogens (tertiary/aromatic N) is 3. The molecule has 2 heterocycles. The summed E-state index contributed by atoms with van der Waals surface area (Å²) < 4.78 is 52.6. The van der Waals surface area contributed by atoms with Crippen LogP contribution in [0, 0.1) is 17.6 Å². The fourth-order valence-corrected chi connectivity index (χ4v) is 5.90. The van der Waals surface area contributed by atoms with E-state index in [4.69, 9.17) is 11.6 Å². The second-order valence-electron chi connectivity index (χ2n) is 7.79. The van der Waals surface area contributed by atoms with E-state index in [1.54, 1.807) is 24.5 Å². The van der Waals surface area contributed by atoms with Crippen LogP contribution in [-0.2, 0) is 9.84 Å². The van der Waals surface area contributed by atoms with Crippen molar-refractivity contribution in [2.24, 2.45) is 5.92 Å². The highest BCUT2D eigenvalue weighted by Gasteiger charge is 2.43. The quantitative estimate of drug-likeness (QED) is 0.548. The lowest BCUT2D eigenvalue weighted by Gasteiger charge is -2.47. The molecule has 0 radical (unpaired) electrons. The topological polar surface area (TPSA) is 63.2 Å². The van der Waals surface area contributed by atoms with Crippen molar-refractivity contribution in [1.29, 1.82) is 0 Å². The normalized spacial score (nSPS) is 17.2. The van der Waals surface area contributed by atoms with Gasteiger partial charge in [-0.15, -0.1) is 0 Å². The summed E-state index contributed by atoms with van der Waals surface area (Å²) in [6, 6.07) is 10.1. The maximum absolute atomic E-state index is 13.8. The second kappa shape index (κ2) is 8.61. The molecular weight excluding hydrogens is 444 g/mol. The molecule has 162 valence electrons. The summed E-state index contributed by atoms with van der Waals surface area (Å²) in [5.41, 5.74) is 1.96. The van der Waals surface area contributed by atoms with Crippen molar-refractivity contribution >= 4 is 21.4 Å². The molecule has 1 aliphatic rings. The molecule has 9 heteroatoms. The van der Waals surface area contributed by atoms with Gasteiger partial charge in [0.25, 0.3) is 0 Å². The molecule has 4 rings (SSSR count). The van der Waals surface area contributed by atoms with Crippen molar-refractivity contribution in [3.05, 3.63) is 94.5 Å². The standard InChI is InChI=1S/C22H20ClF2N3O2S/c1-31(29,30)22(15-6-19(24)8-20(25)7-15)17-11-28(12-17)21(16-9-26-13-27-10-16)14-2-4-18(23)5-3-14/h2-10,13,17,21-22H,11-12H2,1H3/t21-,22?/m0/s1. The summed E-state index contributed by atoms with van der Waals surface area (Å²) in [6.07, 6.45) is 5.98. The van der Waals surface area contributed by atoms with Crippen LogP contribution in [0.3, 0.4) is 0 Å². The zero-order valence-electron chi connectivity index (χ0n) is 16.6. The average molecular weight is 464 g/mol. The molecule has 1 aliphatic heterocycles. The van der Waals surface area contributed by atoms with Crippen molar-refractivity contribution in [2.75, 3.05) is 19.3 Å². The van der Waals surface area contributed by atoms with E-state index in [2.05, 4.69) is 14.9 Å². The van der Waals surface area contributed by atoms with Crippen LogP contribution in [0.25, 0.3) is 0 Å². The summed E-state index contributed by atoms with van der Waals surface area (Å²) in [7, 11) is -3.60. The fraction of sp³-hybridized carbons (Fsp3) is 0.273.